The second-order valence-electron chi connectivity index (χ2n) is 6.67. The van der Waals surface area contributed by atoms with Crippen molar-refractivity contribution in [1.82, 2.24) is 5.43 Å². The number of ether oxygens (including phenoxy) is 2. The van der Waals surface area contributed by atoms with E-state index in [1.54, 1.807) is 66.9 Å². The molecule has 3 aromatic carbocycles. The topological polar surface area (TPSA) is 72.0 Å². The first-order chi connectivity index (χ1) is 15.5. The zero-order valence-corrected chi connectivity index (χ0v) is 19.0. The molecule has 0 amide bonds. The van der Waals surface area contributed by atoms with Crippen molar-refractivity contribution >= 4 is 46.8 Å². The Bertz CT molecular complexity index is 1090. The molecule has 3 aromatic rings. The number of nitrogens with one attached hydrogen (secondary N) is 2. The van der Waals surface area contributed by atoms with Gasteiger partial charge in [0.15, 0.2) is 5.11 Å². The van der Waals surface area contributed by atoms with E-state index in [9.17, 15) is 4.79 Å². The molecule has 3 rings (SSSR count). The molecule has 6 nitrogen and oxygen atoms in total. The first-order valence-electron chi connectivity index (χ1n) is 9.94. The lowest BCUT2D eigenvalue weighted by molar-refractivity contribution is 0.0734. The molecular formula is C24H22ClN3O3S. The maximum absolute atomic E-state index is 12.3. The van der Waals surface area contributed by atoms with Gasteiger partial charge in [0, 0.05) is 10.7 Å². The van der Waals surface area contributed by atoms with Crippen LogP contribution in [0.25, 0.3) is 0 Å². The number of carbonyl (C=O) groups excluding carboxylic acids is 1. The summed E-state index contributed by atoms with van der Waals surface area (Å²) in [4.78, 5) is 12.3. The van der Waals surface area contributed by atoms with Crippen LogP contribution in [-0.2, 0) is 0 Å². The number of anilines is 1. The van der Waals surface area contributed by atoms with E-state index in [1.165, 1.54) is 0 Å². The molecule has 8 heteroatoms. The highest BCUT2D eigenvalue weighted by Crippen LogP contribution is 2.17. The standard InChI is InChI=1S/C24H22ClN3O3S/c1-2-14-30-21-12-8-18(9-13-21)23(29)31-22-10-6-17(7-11-22)16-26-28-24(32)27-20-5-3-4-19(25)15-20/h3-13,15-16H,2,14H2,1H3,(H2,27,28,32). The predicted octanol–water partition coefficient (Wildman–Crippen LogP) is 5.67. The molecule has 0 aliphatic rings. The number of hydrazone groups is 1. The van der Waals surface area contributed by atoms with Gasteiger partial charge in [-0.3, -0.25) is 5.43 Å². The summed E-state index contributed by atoms with van der Waals surface area (Å²) >= 11 is 11.1. The Balaban J connectivity index is 1.48. The fourth-order valence-electron chi connectivity index (χ4n) is 2.59. The normalized spacial score (nSPS) is 10.6. The summed E-state index contributed by atoms with van der Waals surface area (Å²) in [5, 5.41) is 8.03. The summed E-state index contributed by atoms with van der Waals surface area (Å²) in [6.07, 6.45) is 2.53. The van der Waals surface area contributed by atoms with E-state index in [1.807, 2.05) is 19.1 Å². The van der Waals surface area contributed by atoms with Gasteiger partial charge in [0.05, 0.1) is 18.4 Å². The van der Waals surface area contributed by atoms with Gasteiger partial charge in [0.2, 0.25) is 0 Å². The third-order valence-electron chi connectivity index (χ3n) is 4.12. The van der Waals surface area contributed by atoms with Gasteiger partial charge >= 0.3 is 5.97 Å². The highest BCUT2D eigenvalue weighted by Gasteiger charge is 2.09. The van der Waals surface area contributed by atoms with E-state index in [2.05, 4.69) is 15.8 Å². The monoisotopic (exact) mass is 467 g/mol. The van der Waals surface area contributed by atoms with Crippen LogP contribution < -0.4 is 20.2 Å². The minimum Gasteiger partial charge on any atom is -0.494 e. The van der Waals surface area contributed by atoms with Gasteiger partial charge in [-0.2, -0.15) is 5.10 Å². The number of benzene rings is 3. The fourth-order valence-corrected chi connectivity index (χ4v) is 2.95. The molecule has 0 aliphatic heterocycles. The molecule has 0 unspecified atom stereocenters. The first kappa shape index (κ1) is 23.2. The molecule has 0 spiro atoms. The summed E-state index contributed by atoms with van der Waals surface area (Å²) in [7, 11) is 0. The molecule has 0 fully saturated rings. The molecule has 0 saturated carbocycles. The zero-order chi connectivity index (χ0) is 22.8. The van der Waals surface area contributed by atoms with Gasteiger partial charge in [-0.1, -0.05) is 24.6 Å². The largest absolute Gasteiger partial charge is 0.494 e. The van der Waals surface area contributed by atoms with Gasteiger partial charge in [0.1, 0.15) is 11.5 Å². The molecule has 164 valence electrons. The van der Waals surface area contributed by atoms with Gasteiger partial charge in [-0.05, 0) is 90.9 Å². The van der Waals surface area contributed by atoms with Crippen molar-refractivity contribution in [3.63, 3.8) is 0 Å². The second-order valence-corrected chi connectivity index (χ2v) is 7.51. The number of rotatable bonds is 8. The Labute approximate surface area is 197 Å². The Morgan fingerprint density at radius 3 is 2.47 bits per heavy atom. The van der Waals surface area contributed by atoms with Crippen LogP contribution in [0.3, 0.4) is 0 Å². The SMILES string of the molecule is CCCOc1ccc(C(=O)Oc2ccc(C=NNC(=S)Nc3cccc(Cl)c3)cc2)cc1. The summed E-state index contributed by atoms with van der Waals surface area (Å²) in [6, 6.07) is 21.0. The lowest BCUT2D eigenvalue weighted by Crippen LogP contribution is -2.23. The van der Waals surface area contributed by atoms with Crippen molar-refractivity contribution in [3.8, 4) is 11.5 Å². The molecular weight excluding hydrogens is 446 g/mol. The number of thiocarbonyl (C=S) groups is 1. The van der Waals surface area contributed by atoms with Crippen LogP contribution in [0.2, 0.25) is 5.02 Å². The van der Waals surface area contributed by atoms with E-state index in [0.29, 0.717) is 28.1 Å². The maximum Gasteiger partial charge on any atom is 0.343 e. The second kappa shape index (κ2) is 11.8. The van der Waals surface area contributed by atoms with Crippen molar-refractivity contribution in [2.75, 3.05) is 11.9 Å². The van der Waals surface area contributed by atoms with Crippen LogP contribution in [0.5, 0.6) is 11.5 Å². The molecule has 0 bridgehead atoms. The fraction of sp³-hybridized carbons (Fsp3) is 0.125. The number of esters is 1. The molecule has 0 saturated heterocycles. The minimum absolute atomic E-state index is 0.333. The van der Waals surface area contributed by atoms with Gasteiger partial charge in [-0.15, -0.1) is 0 Å². The first-order valence-corrected chi connectivity index (χ1v) is 10.7. The number of hydrogen-bond donors (Lipinski definition) is 2. The lowest BCUT2D eigenvalue weighted by atomic mass is 10.2. The average Bonchev–Trinajstić information content (AvgIpc) is 2.79. The maximum atomic E-state index is 12.3. The van der Waals surface area contributed by atoms with Crippen LogP contribution >= 0.6 is 23.8 Å². The van der Waals surface area contributed by atoms with Crippen molar-refractivity contribution in [2.45, 2.75) is 13.3 Å². The van der Waals surface area contributed by atoms with Gasteiger partial charge < -0.3 is 14.8 Å². The molecule has 0 aromatic heterocycles. The van der Waals surface area contributed by atoms with E-state index in [0.717, 1.165) is 23.4 Å². The Morgan fingerprint density at radius 2 is 1.78 bits per heavy atom. The zero-order valence-electron chi connectivity index (χ0n) is 17.4. The molecule has 0 atom stereocenters. The molecule has 32 heavy (non-hydrogen) atoms. The Kier molecular flexibility index (Phi) is 8.60. The highest BCUT2D eigenvalue weighted by atomic mass is 35.5. The number of nitrogens with zero attached hydrogens (tertiary/aromatic N) is 1. The van der Waals surface area contributed by atoms with Crippen molar-refractivity contribution < 1.29 is 14.3 Å². The van der Waals surface area contributed by atoms with E-state index < -0.39 is 5.97 Å². The van der Waals surface area contributed by atoms with E-state index in [4.69, 9.17) is 33.3 Å². The summed E-state index contributed by atoms with van der Waals surface area (Å²) in [6.45, 7) is 2.67. The van der Waals surface area contributed by atoms with Crippen molar-refractivity contribution in [1.29, 1.82) is 0 Å². The number of hydrogen-bond acceptors (Lipinski definition) is 5. The summed E-state index contributed by atoms with van der Waals surface area (Å²) < 4.78 is 10.9. The van der Waals surface area contributed by atoms with E-state index in [-0.39, 0.29) is 0 Å². The summed E-state index contributed by atoms with van der Waals surface area (Å²) in [5.41, 5.74) is 4.75. The Hall–Kier alpha value is -3.42. The highest BCUT2D eigenvalue weighted by molar-refractivity contribution is 7.80. The van der Waals surface area contributed by atoms with Crippen LogP contribution in [0.15, 0.2) is 77.9 Å². The third-order valence-corrected chi connectivity index (χ3v) is 4.54. The van der Waals surface area contributed by atoms with Crippen LogP contribution in [-0.4, -0.2) is 23.9 Å². The van der Waals surface area contributed by atoms with Crippen molar-refractivity contribution in [3.05, 3.63) is 88.9 Å². The predicted molar refractivity (Wildman–Crippen MR) is 132 cm³/mol. The van der Waals surface area contributed by atoms with Gasteiger partial charge in [-0.25, -0.2) is 4.79 Å². The molecule has 0 heterocycles. The summed E-state index contributed by atoms with van der Waals surface area (Å²) in [5.74, 6) is 0.722. The average molecular weight is 468 g/mol. The smallest absolute Gasteiger partial charge is 0.343 e. The van der Waals surface area contributed by atoms with Crippen LogP contribution in [0, 0.1) is 0 Å². The van der Waals surface area contributed by atoms with Crippen LogP contribution in [0.4, 0.5) is 5.69 Å². The Morgan fingerprint density at radius 1 is 1.06 bits per heavy atom. The van der Waals surface area contributed by atoms with Crippen LogP contribution in [0.1, 0.15) is 29.3 Å². The molecule has 2 N–H and O–H groups in total. The third kappa shape index (κ3) is 7.37. The number of halogens is 1. The quantitative estimate of drug-likeness (QED) is 0.146. The molecule has 0 radical (unpaired) electrons. The van der Waals surface area contributed by atoms with Gasteiger partial charge in [0.25, 0.3) is 0 Å². The molecule has 0 aliphatic carbocycles. The lowest BCUT2D eigenvalue weighted by Gasteiger charge is -2.07. The number of carbonyl (C=O) groups is 1. The van der Waals surface area contributed by atoms with E-state index >= 15 is 0 Å². The minimum atomic E-state index is -0.437. The van der Waals surface area contributed by atoms with Crippen molar-refractivity contribution in [2.24, 2.45) is 5.10 Å².